The molecule has 2 aromatic rings. The van der Waals surface area contributed by atoms with Crippen molar-refractivity contribution in [2.75, 3.05) is 0 Å². The lowest BCUT2D eigenvalue weighted by Gasteiger charge is -2.10. The van der Waals surface area contributed by atoms with Gasteiger partial charge in [-0.3, -0.25) is 0 Å². The maximum Gasteiger partial charge on any atom is 0.127 e. The first kappa shape index (κ1) is 12.7. The van der Waals surface area contributed by atoms with Crippen molar-refractivity contribution in [1.29, 1.82) is 0 Å². The number of aromatic nitrogens is 1. The fourth-order valence-corrected chi connectivity index (χ4v) is 2.74. The van der Waals surface area contributed by atoms with Gasteiger partial charge in [0, 0.05) is 10.9 Å². The van der Waals surface area contributed by atoms with Crippen LogP contribution in [0.15, 0.2) is 28.2 Å². The van der Waals surface area contributed by atoms with Gasteiger partial charge in [-0.05, 0) is 24.6 Å². The summed E-state index contributed by atoms with van der Waals surface area (Å²) >= 11 is 4.60. The molecule has 1 aromatic carbocycles. The minimum absolute atomic E-state index is 0.266. The van der Waals surface area contributed by atoms with E-state index in [2.05, 4.69) is 20.9 Å². The van der Waals surface area contributed by atoms with Gasteiger partial charge >= 0.3 is 0 Å². The molecule has 0 saturated carbocycles. The van der Waals surface area contributed by atoms with Gasteiger partial charge < -0.3 is 5.11 Å². The molecule has 1 unspecified atom stereocenters. The van der Waals surface area contributed by atoms with Crippen LogP contribution in [-0.2, 0) is 6.42 Å². The highest BCUT2D eigenvalue weighted by Gasteiger charge is 2.15. The minimum atomic E-state index is -0.696. The molecule has 0 amide bonds. The second-order valence-corrected chi connectivity index (χ2v) is 5.56. The molecule has 1 aromatic heterocycles. The number of thiazole rings is 1. The average molecular weight is 316 g/mol. The SMILES string of the molecule is Cc1ncsc1C(O)Cc1ccc(Br)cc1F. The van der Waals surface area contributed by atoms with Gasteiger partial charge in [0.05, 0.1) is 22.2 Å². The molecule has 1 heterocycles. The lowest BCUT2D eigenvalue weighted by Crippen LogP contribution is -2.03. The van der Waals surface area contributed by atoms with Gasteiger partial charge in [-0.2, -0.15) is 0 Å². The van der Waals surface area contributed by atoms with Crippen LogP contribution < -0.4 is 0 Å². The Hall–Kier alpha value is -0.780. The Morgan fingerprint density at radius 2 is 2.29 bits per heavy atom. The standard InChI is InChI=1S/C12H11BrFNOS/c1-7-12(17-6-15-7)11(16)4-8-2-3-9(13)5-10(8)14/h2-3,5-6,11,16H,4H2,1H3. The van der Waals surface area contributed by atoms with Crippen LogP contribution in [0.25, 0.3) is 0 Å². The van der Waals surface area contributed by atoms with Gasteiger partial charge in [0.15, 0.2) is 0 Å². The normalized spacial score (nSPS) is 12.7. The van der Waals surface area contributed by atoms with Gasteiger partial charge in [0.1, 0.15) is 5.82 Å². The Kier molecular flexibility index (Phi) is 3.91. The summed E-state index contributed by atoms with van der Waals surface area (Å²) in [6, 6.07) is 4.85. The van der Waals surface area contributed by atoms with E-state index in [1.54, 1.807) is 17.6 Å². The second-order valence-electron chi connectivity index (χ2n) is 3.76. The second kappa shape index (κ2) is 5.25. The van der Waals surface area contributed by atoms with E-state index in [0.717, 1.165) is 10.6 Å². The molecule has 0 saturated heterocycles. The van der Waals surface area contributed by atoms with Crippen molar-refractivity contribution in [1.82, 2.24) is 4.98 Å². The highest BCUT2D eigenvalue weighted by molar-refractivity contribution is 9.10. The predicted molar refractivity (Wildman–Crippen MR) is 69.6 cm³/mol. The summed E-state index contributed by atoms with van der Waals surface area (Å²) in [7, 11) is 0. The molecule has 0 bridgehead atoms. The quantitative estimate of drug-likeness (QED) is 0.938. The molecule has 0 spiro atoms. The molecule has 5 heteroatoms. The number of halogens is 2. The molecule has 2 rings (SSSR count). The average Bonchev–Trinajstić information content (AvgIpc) is 2.68. The van der Waals surface area contributed by atoms with Crippen LogP contribution >= 0.6 is 27.3 Å². The lowest BCUT2D eigenvalue weighted by molar-refractivity contribution is 0.180. The van der Waals surface area contributed by atoms with Crippen LogP contribution in [0, 0.1) is 12.7 Å². The number of aryl methyl sites for hydroxylation is 1. The summed E-state index contributed by atoms with van der Waals surface area (Å²) in [5, 5.41) is 10.0. The van der Waals surface area contributed by atoms with Crippen LogP contribution in [0.1, 0.15) is 22.2 Å². The topological polar surface area (TPSA) is 33.1 Å². The summed E-state index contributed by atoms with van der Waals surface area (Å²) < 4.78 is 14.3. The smallest absolute Gasteiger partial charge is 0.127 e. The molecule has 0 fully saturated rings. The minimum Gasteiger partial charge on any atom is -0.387 e. The Balaban J connectivity index is 2.19. The fourth-order valence-electron chi connectivity index (χ4n) is 1.62. The third-order valence-corrected chi connectivity index (χ3v) is 4.04. The van der Waals surface area contributed by atoms with Gasteiger partial charge in [0.25, 0.3) is 0 Å². The maximum absolute atomic E-state index is 13.6. The molecule has 1 N–H and O–H groups in total. The van der Waals surface area contributed by atoms with Crippen molar-refractivity contribution < 1.29 is 9.50 Å². The van der Waals surface area contributed by atoms with Crippen molar-refractivity contribution in [2.45, 2.75) is 19.4 Å². The monoisotopic (exact) mass is 315 g/mol. The summed E-state index contributed by atoms with van der Waals surface area (Å²) in [4.78, 5) is 4.87. The van der Waals surface area contributed by atoms with E-state index in [1.165, 1.54) is 17.4 Å². The van der Waals surface area contributed by atoms with E-state index < -0.39 is 6.10 Å². The number of nitrogens with zero attached hydrogens (tertiary/aromatic N) is 1. The van der Waals surface area contributed by atoms with Crippen molar-refractivity contribution in [3.8, 4) is 0 Å². The van der Waals surface area contributed by atoms with E-state index in [4.69, 9.17) is 0 Å². The molecule has 2 nitrogen and oxygen atoms in total. The van der Waals surface area contributed by atoms with E-state index in [0.29, 0.717) is 10.0 Å². The van der Waals surface area contributed by atoms with Gasteiger partial charge in [-0.15, -0.1) is 11.3 Å². The molecule has 1 atom stereocenters. The summed E-state index contributed by atoms with van der Waals surface area (Å²) in [6.45, 7) is 1.84. The molecule has 0 radical (unpaired) electrons. The lowest BCUT2D eigenvalue weighted by atomic mass is 10.1. The van der Waals surface area contributed by atoms with Gasteiger partial charge in [-0.25, -0.2) is 9.37 Å². The Morgan fingerprint density at radius 1 is 1.53 bits per heavy atom. The summed E-state index contributed by atoms with van der Waals surface area (Å²) in [6.07, 6.45) is -0.430. The summed E-state index contributed by atoms with van der Waals surface area (Å²) in [5.41, 5.74) is 3.00. The van der Waals surface area contributed by atoms with Gasteiger partial charge in [0.2, 0.25) is 0 Å². The molecule has 0 aliphatic rings. The molecule has 0 aliphatic carbocycles. The van der Waals surface area contributed by atoms with E-state index in [9.17, 15) is 9.50 Å². The molecular weight excluding hydrogens is 305 g/mol. The van der Waals surface area contributed by atoms with Crippen LogP contribution in [0.3, 0.4) is 0 Å². The molecule has 0 aliphatic heterocycles. The Morgan fingerprint density at radius 3 is 2.88 bits per heavy atom. The third-order valence-electron chi connectivity index (χ3n) is 2.51. The first-order valence-corrected chi connectivity index (χ1v) is 6.77. The number of aliphatic hydroxyl groups is 1. The van der Waals surface area contributed by atoms with Gasteiger partial charge in [-0.1, -0.05) is 22.0 Å². The zero-order valence-electron chi connectivity index (χ0n) is 9.15. The van der Waals surface area contributed by atoms with Crippen molar-refractivity contribution in [3.63, 3.8) is 0 Å². The maximum atomic E-state index is 13.6. The van der Waals surface area contributed by atoms with Crippen molar-refractivity contribution >= 4 is 27.3 Å². The Bertz CT molecular complexity index is 529. The third kappa shape index (κ3) is 2.91. The van der Waals surface area contributed by atoms with E-state index in [1.807, 2.05) is 6.92 Å². The number of hydrogen-bond acceptors (Lipinski definition) is 3. The molecule has 17 heavy (non-hydrogen) atoms. The molecule has 90 valence electrons. The number of aliphatic hydroxyl groups excluding tert-OH is 1. The first-order chi connectivity index (χ1) is 8.08. The predicted octanol–water partition coefficient (Wildman–Crippen LogP) is 3.63. The van der Waals surface area contributed by atoms with Crippen LogP contribution in [0.4, 0.5) is 4.39 Å². The van der Waals surface area contributed by atoms with E-state index in [-0.39, 0.29) is 12.2 Å². The number of benzene rings is 1. The highest BCUT2D eigenvalue weighted by Crippen LogP contribution is 2.26. The van der Waals surface area contributed by atoms with Crippen LogP contribution in [0.2, 0.25) is 0 Å². The number of rotatable bonds is 3. The van der Waals surface area contributed by atoms with Crippen LogP contribution in [0.5, 0.6) is 0 Å². The first-order valence-electron chi connectivity index (χ1n) is 5.10. The molecular formula is C12H11BrFNOS. The summed E-state index contributed by atoms with van der Waals surface area (Å²) in [5.74, 6) is -0.305. The van der Waals surface area contributed by atoms with Crippen molar-refractivity contribution in [3.05, 3.63) is 50.1 Å². The number of hydrogen-bond donors (Lipinski definition) is 1. The zero-order valence-corrected chi connectivity index (χ0v) is 11.6. The van der Waals surface area contributed by atoms with Crippen LogP contribution in [-0.4, -0.2) is 10.1 Å². The highest BCUT2D eigenvalue weighted by atomic mass is 79.9. The largest absolute Gasteiger partial charge is 0.387 e. The zero-order chi connectivity index (χ0) is 12.4. The van der Waals surface area contributed by atoms with E-state index >= 15 is 0 Å². The Labute approximate surface area is 111 Å². The van der Waals surface area contributed by atoms with Crippen molar-refractivity contribution in [2.24, 2.45) is 0 Å². The fraction of sp³-hybridized carbons (Fsp3) is 0.250.